The lowest BCUT2D eigenvalue weighted by molar-refractivity contribution is -0.178. The van der Waals surface area contributed by atoms with Crippen LogP contribution in [0.2, 0.25) is 0 Å². The zero-order chi connectivity index (χ0) is 11.8. The quantitative estimate of drug-likeness (QED) is 0.781. The van der Waals surface area contributed by atoms with Gasteiger partial charge in [0.15, 0.2) is 0 Å². The lowest BCUT2D eigenvalue weighted by atomic mass is 9.68. The van der Waals surface area contributed by atoms with Gasteiger partial charge in [0.1, 0.15) is 11.5 Å². The minimum atomic E-state index is 0.449. The molecule has 0 amide bonds. The third-order valence-corrected chi connectivity index (χ3v) is 4.87. The van der Waals surface area contributed by atoms with Crippen LogP contribution in [0.1, 0.15) is 43.0 Å². The number of hydrogen-bond acceptors (Lipinski definition) is 3. The van der Waals surface area contributed by atoms with E-state index in [0.717, 1.165) is 11.5 Å². The van der Waals surface area contributed by atoms with Crippen LogP contribution >= 0.6 is 0 Å². The Morgan fingerprint density at radius 1 is 1.06 bits per heavy atom. The molecule has 0 saturated carbocycles. The molecule has 0 N–H and O–H groups in total. The van der Waals surface area contributed by atoms with E-state index in [1.165, 1.54) is 24.0 Å². The predicted molar refractivity (Wildman–Crippen MR) is 64.5 cm³/mol. The molecule has 2 fully saturated rings. The molecule has 3 aliphatic heterocycles. The van der Waals surface area contributed by atoms with Crippen LogP contribution < -0.4 is 9.47 Å². The molecule has 1 aromatic rings. The maximum absolute atomic E-state index is 5.53. The lowest BCUT2D eigenvalue weighted by Crippen LogP contribution is -2.66. The van der Waals surface area contributed by atoms with Crippen molar-refractivity contribution in [3.8, 4) is 11.5 Å². The first-order valence-corrected chi connectivity index (χ1v) is 6.23. The highest BCUT2D eigenvalue weighted by Gasteiger charge is 2.66. The molecule has 0 aromatic heterocycles. The number of rotatable bonds is 2. The summed E-state index contributed by atoms with van der Waals surface area (Å²) in [5, 5.41) is 0. The molecule has 1 aromatic carbocycles. The van der Waals surface area contributed by atoms with Crippen molar-refractivity contribution in [1.29, 1.82) is 0 Å². The normalized spacial score (nSPS) is 36.6. The maximum Gasteiger partial charge on any atom is 0.124 e. The smallest absolute Gasteiger partial charge is 0.124 e. The number of nitrogens with zero attached hydrogens (tertiary/aromatic N) is 1. The van der Waals surface area contributed by atoms with Gasteiger partial charge in [-0.05, 0) is 31.9 Å². The third kappa shape index (κ3) is 0.900. The summed E-state index contributed by atoms with van der Waals surface area (Å²) in [6.45, 7) is 2.37. The minimum Gasteiger partial charge on any atom is -0.496 e. The molecule has 3 nitrogen and oxygen atoms in total. The van der Waals surface area contributed by atoms with E-state index in [9.17, 15) is 0 Å². The van der Waals surface area contributed by atoms with Crippen molar-refractivity contribution in [2.45, 2.75) is 37.4 Å². The number of ether oxygens (including phenoxy) is 2. The SMILES string of the molecule is COc1ccc(OC)c2c1C1CC3(C)CC2N13. The molecule has 3 heterocycles. The van der Waals surface area contributed by atoms with Crippen LogP contribution in [-0.2, 0) is 0 Å². The van der Waals surface area contributed by atoms with Gasteiger partial charge in [-0.25, -0.2) is 0 Å². The third-order valence-electron chi connectivity index (χ3n) is 4.87. The molecule has 3 heteroatoms. The van der Waals surface area contributed by atoms with E-state index in [-0.39, 0.29) is 0 Å². The summed E-state index contributed by atoms with van der Waals surface area (Å²) in [6.07, 6.45) is 2.53. The Morgan fingerprint density at radius 3 is 1.88 bits per heavy atom. The lowest BCUT2D eigenvalue weighted by Gasteiger charge is -2.65. The molecule has 0 radical (unpaired) electrons. The largest absolute Gasteiger partial charge is 0.496 e. The molecule has 0 spiro atoms. The fourth-order valence-corrected chi connectivity index (χ4v) is 4.19. The molecular weight excluding hydrogens is 214 g/mol. The van der Waals surface area contributed by atoms with Crippen molar-refractivity contribution in [3.63, 3.8) is 0 Å². The van der Waals surface area contributed by atoms with Crippen LogP contribution in [0.4, 0.5) is 0 Å². The average molecular weight is 231 g/mol. The second-order valence-electron chi connectivity index (χ2n) is 5.64. The number of piperidine rings is 1. The van der Waals surface area contributed by atoms with Crippen LogP contribution in [0.5, 0.6) is 11.5 Å². The second kappa shape index (κ2) is 2.78. The van der Waals surface area contributed by atoms with Crippen molar-refractivity contribution in [2.24, 2.45) is 0 Å². The van der Waals surface area contributed by atoms with E-state index >= 15 is 0 Å². The highest BCUT2D eigenvalue weighted by Crippen LogP contribution is 2.71. The van der Waals surface area contributed by atoms with E-state index in [2.05, 4.69) is 11.8 Å². The van der Waals surface area contributed by atoms with Gasteiger partial charge in [-0.2, -0.15) is 0 Å². The zero-order valence-corrected chi connectivity index (χ0v) is 10.5. The standard InChI is InChI=1S/C14H17NO2/c1-14-6-8-12-10(16-2)4-5-11(17-3)13(12)9(7-14)15(8)14/h4-5,8-9H,6-7H2,1-3H3. The summed E-state index contributed by atoms with van der Waals surface area (Å²) in [5.41, 5.74) is 3.21. The molecule has 2 unspecified atom stereocenters. The van der Waals surface area contributed by atoms with E-state index < -0.39 is 0 Å². The second-order valence-corrected chi connectivity index (χ2v) is 5.64. The molecule has 90 valence electrons. The summed E-state index contributed by atoms with van der Waals surface area (Å²) in [4.78, 5) is 2.63. The van der Waals surface area contributed by atoms with E-state index in [4.69, 9.17) is 9.47 Å². The zero-order valence-electron chi connectivity index (χ0n) is 10.5. The molecule has 0 bridgehead atoms. The minimum absolute atomic E-state index is 0.449. The molecule has 17 heavy (non-hydrogen) atoms. The van der Waals surface area contributed by atoms with Crippen molar-refractivity contribution >= 4 is 0 Å². The summed E-state index contributed by atoms with van der Waals surface area (Å²) >= 11 is 0. The van der Waals surface area contributed by atoms with Crippen molar-refractivity contribution in [2.75, 3.05) is 14.2 Å². The molecule has 3 aliphatic rings. The van der Waals surface area contributed by atoms with Crippen LogP contribution in [0, 0.1) is 0 Å². The van der Waals surface area contributed by atoms with Crippen LogP contribution in [0.25, 0.3) is 0 Å². The van der Waals surface area contributed by atoms with Gasteiger partial charge in [0, 0.05) is 28.7 Å². The van der Waals surface area contributed by atoms with Gasteiger partial charge in [-0.1, -0.05) is 0 Å². The molecule has 4 rings (SSSR count). The maximum atomic E-state index is 5.53. The Bertz CT molecular complexity index is 470. The Morgan fingerprint density at radius 2 is 1.53 bits per heavy atom. The monoisotopic (exact) mass is 231 g/mol. The Hall–Kier alpha value is -1.22. The van der Waals surface area contributed by atoms with E-state index in [1.807, 2.05) is 12.1 Å². The average Bonchev–Trinajstić information content (AvgIpc) is 2.45. The highest BCUT2D eigenvalue weighted by molar-refractivity contribution is 5.59. The van der Waals surface area contributed by atoms with Gasteiger partial charge in [0.05, 0.1) is 14.2 Å². The summed E-state index contributed by atoms with van der Waals surface area (Å²) in [6, 6.07) is 5.22. The summed E-state index contributed by atoms with van der Waals surface area (Å²) in [5.74, 6) is 2.06. The van der Waals surface area contributed by atoms with Gasteiger partial charge in [-0.3, -0.25) is 4.90 Å². The molecular formula is C14H17NO2. The number of methoxy groups -OCH3 is 2. The van der Waals surface area contributed by atoms with Gasteiger partial charge < -0.3 is 9.47 Å². The van der Waals surface area contributed by atoms with E-state index in [0.29, 0.717) is 17.6 Å². The van der Waals surface area contributed by atoms with Gasteiger partial charge >= 0.3 is 0 Å². The predicted octanol–water partition coefficient (Wildman–Crippen LogP) is 2.67. The number of fused-ring (bicyclic) bond motifs is 3. The number of benzene rings is 1. The Kier molecular flexibility index (Phi) is 1.60. The van der Waals surface area contributed by atoms with Gasteiger partial charge in [0.25, 0.3) is 0 Å². The van der Waals surface area contributed by atoms with Gasteiger partial charge in [-0.15, -0.1) is 0 Å². The highest BCUT2D eigenvalue weighted by atomic mass is 16.5. The summed E-state index contributed by atoms with van der Waals surface area (Å²) in [7, 11) is 3.52. The number of hydrogen-bond donors (Lipinski definition) is 0. The van der Waals surface area contributed by atoms with Crippen molar-refractivity contribution < 1.29 is 9.47 Å². The van der Waals surface area contributed by atoms with Crippen molar-refractivity contribution in [3.05, 3.63) is 23.3 Å². The Balaban J connectivity index is 1.92. The van der Waals surface area contributed by atoms with Crippen molar-refractivity contribution in [1.82, 2.24) is 4.90 Å². The summed E-state index contributed by atoms with van der Waals surface area (Å²) < 4.78 is 11.1. The molecule has 2 atom stereocenters. The molecule has 0 aliphatic carbocycles. The fraction of sp³-hybridized carbons (Fsp3) is 0.571. The van der Waals surface area contributed by atoms with Crippen LogP contribution in [0.15, 0.2) is 12.1 Å². The van der Waals surface area contributed by atoms with Crippen LogP contribution in [-0.4, -0.2) is 24.7 Å². The van der Waals surface area contributed by atoms with E-state index in [1.54, 1.807) is 14.2 Å². The van der Waals surface area contributed by atoms with Gasteiger partial charge in [0.2, 0.25) is 0 Å². The first-order chi connectivity index (χ1) is 8.19. The fourth-order valence-electron chi connectivity index (χ4n) is 4.19. The first kappa shape index (κ1) is 9.77. The molecule has 2 saturated heterocycles. The Labute approximate surface area is 101 Å². The van der Waals surface area contributed by atoms with Crippen LogP contribution in [0.3, 0.4) is 0 Å². The topological polar surface area (TPSA) is 21.7 Å². The first-order valence-electron chi connectivity index (χ1n) is 6.23.